The number of carbonyl (C=O) groups excluding carboxylic acids is 1. The van der Waals surface area contributed by atoms with Crippen LogP contribution in [0.3, 0.4) is 0 Å². The van der Waals surface area contributed by atoms with Crippen molar-refractivity contribution in [3.8, 4) is 0 Å². The summed E-state index contributed by atoms with van der Waals surface area (Å²) in [5.41, 5.74) is 0. The van der Waals surface area contributed by atoms with Crippen molar-refractivity contribution in [1.29, 1.82) is 0 Å². The van der Waals surface area contributed by atoms with Crippen LogP contribution in [0.5, 0.6) is 0 Å². The summed E-state index contributed by atoms with van der Waals surface area (Å²) >= 11 is 0. The molecular weight excluding hydrogens is 172 g/mol. The lowest BCUT2D eigenvalue weighted by atomic mass is 10.1. The zero-order valence-corrected chi connectivity index (χ0v) is 7.90. The number of amides is 1. The molecule has 1 saturated heterocycles. The van der Waals surface area contributed by atoms with Gasteiger partial charge in [0.15, 0.2) is 0 Å². The van der Waals surface area contributed by atoms with Crippen molar-refractivity contribution in [3.63, 3.8) is 0 Å². The molecule has 0 aliphatic carbocycles. The van der Waals surface area contributed by atoms with Crippen molar-refractivity contribution in [2.75, 3.05) is 20.1 Å². The summed E-state index contributed by atoms with van der Waals surface area (Å²) in [7, 11) is 1.81. The van der Waals surface area contributed by atoms with Crippen LogP contribution < -0.4 is 5.32 Å². The third-order valence-corrected chi connectivity index (χ3v) is 2.39. The Balaban J connectivity index is 2.44. The van der Waals surface area contributed by atoms with Crippen LogP contribution >= 0.6 is 0 Å². The van der Waals surface area contributed by atoms with Crippen molar-refractivity contribution in [2.45, 2.75) is 25.2 Å². The minimum Gasteiger partial charge on any atom is -0.389 e. The largest absolute Gasteiger partial charge is 0.389 e. The van der Waals surface area contributed by atoms with Gasteiger partial charge in [-0.05, 0) is 7.05 Å². The molecule has 5 nitrogen and oxygen atoms in total. The second kappa shape index (κ2) is 4.04. The molecule has 3 N–H and O–H groups in total. The molecule has 0 radical (unpaired) electrons. The molecule has 1 aliphatic heterocycles. The number of nitrogens with zero attached hydrogens (tertiary/aromatic N) is 1. The van der Waals surface area contributed by atoms with Gasteiger partial charge in [0.25, 0.3) is 0 Å². The summed E-state index contributed by atoms with van der Waals surface area (Å²) < 4.78 is 0. The zero-order chi connectivity index (χ0) is 10.0. The van der Waals surface area contributed by atoms with Gasteiger partial charge in [-0.1, -0.05) is 0 Å². The summed E-state index contributed by atoms with van der Waals surface area (Å²) in [5, 5.41) is 21.4. The highest BCUT2D eigenvalue weighted by atomic mass is 16.3. The predicted molar refractivity (Wildman–Crippen MR) is 47.1 cm³/mol. The molecule has 3 atom stereocenters. The summed E-state index contributed by atoms with van der Waals surface area (Å²) in [6.45, 7) is 2.26. The first-order valence-electron chi connectivity index (χ1n) is 4.33. The quantitative estimate of drug-likeness (QED) is 0.476. The van der Waals surface area contributed by atoms with Gasteiger partial charge in [-0.15, -0.1) is 0 Å². The standard InChI is InChI=1S/C8H16N2O3/c1-5(11)9-3-6-8(13)7(12)4-10(6)2/h6-8,12-13H,3-4H2,1-2H3,(H,9,11)/t6-,7-,8+/m0/s1. The van der Waals surface area contributed by atoms with Gasteiger partial charge in [0.1, 0.15) is 0 Å². The van der Waals surface area contributed by atoms with E-state index in [1.165, 1.54) is 6.92 Å². The fourth-order valence-corrected chi connectivity index (χ4v) is 1.58. The molecule has 76 valence electrons. The van der Waals surface area contributed by atoms with E-state index in [9.17, 15) is 15.0 Å². The van der Waals surface area contributed by atoms with Crippen LogP contribution in [0.15, 0.2) is 0 Å². The predicted octanol–water partition coefficient (Wildman–Crippen LogP) is -1.84. The molecule has 13 heavy (non-hydrogen) atoms. The van der Waals surface area contributed by atoms with Gasteiger partial charge in [-0.3, -0.25) is 9.69 Å². The highest BCUT2D eigenvalue weighted by Crippen LogP contribution is 2.15. The average Bonchev–Trinajstić information content (AvgIpc) is 2.24. The lowest BCUT2D eigenvalue weighted by Gasteiger charge is -2.21. The SMILES string of the molecule is CC(=O)NC[C@H]1[C@@H](O)[C@@H](O)CN1C. The van der Waals surface area contributed by atoms with E-state index in [1.807, 2.05) is 11.9 Å². The number of aliphatic hydroxyl groups is 2. The third-order valence-electron chi connectivity index (χ3n) is 2.39. The van der Waals surface area contributed by atoms with E-state index in [1.54, 1.807) is 0 Å². The summed E-state index contributed by atoms with van der Waals surface area (Å²) in [4.78, 5) is 12.5. The Kier molecular flexibility index (Phi) is 3.24. The van der Waals surface area contributed by atoms with E-state index in [0.29, 0.717) is 13.1 Å². The number of rotatable bonds is 2. The fourth-order valence-electron chi connectivity index (χ4n) is 1.58. The number of likely N-dealkylation sites (N-methyl/N-ethyl adjacent to an activating group) is 1. The van der Waals surface area contributed by atoms with Crippen LogP contribution in [0.4, 0.5) is 0 Å². The van der Waals surface area contributed by atoms with Gasteiger partial charge in [0.2, 0.25) is 5.91 Å². The van der Waals surface area contributed by atoms with Gasteiger partial charge in [-0.2, -0.15) is 0 Å². The molecule has 0 spiro atoms. The van der Waals surface area contributed by atoms with Crippen molar-refractivity contribution in [1.82, 2.24) is 10.2 Å². The van der Waals surface area contributed by atoms with Gasteiger partial charge in [0, 0.05) is 20.0 Å². The molecule has 0 aromatic rings. The van der Waals surface area contributed by atoms with Crippen molar-refractivity contribution in [2.24, 2.45) is 0 Å². The van der Waals surface area contributed by atoms with Crippen molar-refractivity contribution < 1.29 is 15.0 Å². The molecule has 0 bridgehead atoms. The fraction of sp³-hybridized carbons (Fsp3) is 0.875. The maximum atomic E-state index is 10.6. The Morgan fingerprint density at radius 2 is 2.23 bits per heavy atom. The van der Waals surface area contributed by atoms with E-state index in [2.05, 4.69) is 5.32 Å². The minimum atomic E-state index is -0.767. The number of aliphatic hydroxyl groups excluding tert-OH is 2. The first-order chi connectivity index (χ1) is 6.02. The Bertz CT molecular complexity index is 198. The maximum Gasteiger partial charge on any atom is 0.216 e. The van der Waals surface area contributed by atoms with E-state index in [4.69, 9.17) is 0 Å². The molecule has 0 aromatic heterocycles. The summed E-state index contributed by atoms with van der Waals surface area (Å²) in [6.07, 6.45) is -1.47. The van der Waals surface area contributed by atoms with Gasteiger partial charge < -0.3 is 15.5 Å². The summed E-state index contributed by atoms with van der Waals surface area (Å²) in [6, 6.07) is -0.182. The van der Waals surface area contributed by atoms with Gasteiger partial charge in [-0.25, -0.2) is 0 Å². The topological polar surface area (TPSA) is 72.8 Å². The normalized spacial score (nSPS) is 34.9. The average molecular weight is 188 g/mol. The van der Waals surface area contributed by atoms with E-state index in [0.717, 1.165) is 0 Å². The molecule has 1 heterocycles. The van der Waals surface area contributed by atoms with Crippen LogP contribution in [0, 0.1) is 0 Å². The number of hydrogen-bond donors (Lipinski definition) is 3. The summed E-state index contributed by atoms with van der Waals surface area (Å²) in [5.74, 6) is -0.123. The third kappa shape index (κ3) is 2.40. The number of hydrogen-bond acceptors (Lipinski definition) is 4. The monoisotopic (exact) mass is 188 g/mol. The van der Waals surface area contributed by atoms with E-state index in [-0.39, 0.29) is 11.9 Å². The van der Waals surface area contributed by atoms with Crippen molar-refractivity contribution in [3.05, 3.63) is 0 Å². The van der Waals surface area contributed by atoms with E-state index < -0.39 is 12.2 Å². The number of likely N-dealkylation sites (tertiary alicyclic amines) is 1. The highest BCUT2D eigenvalue weighted by molar-refractivity contribution is 5.72. The zero-order valence-electron chi connectivity index (χ0n) is 7.90. The Labute approximate surface area is 77.3 Å². The number of β-amino-alcohol motifs (C(OH)–C–C–N with tert-alkyl or cyclic N) is 1. The molecule has 1 aliphatic rings. The molecule has 0 saturated carbocycles. The second-order valence-corrected chi connectivity index (χ2v) is 3.50. The van der Waals surface area contributed by atoms with Crippen LogP contribution in [0.1, 0.15) is 6.92 Å². The van der Waals surface area contributed by atoms with Crippen LogP contribution in [0.2, 0.25) is 0 Å². The molecule has 1 rings (SSSR count). The lowest BCUT2D eigenvalue weighted by Crippen LogP contribution is -2.43. The maximum absolute atomic E-state index is 10.6. The van der Waals surface area contributed by atoms with Gasteiger partial charge in [0.05, 0.1) is 18.2 Å². The molecule has 1 amide bonds. The molecular formula is C8H16N2O3. The molecule has 0 unspecified atom stereocenters. The first-order valence-corrected chi connectivity index (χ1v) is 4.33. The van der Waals surface area contributed by atoms with Crippen LogP contribution in [0.25, 0.3) is 0 Å². The Morgan fingerprint density at radius 1 is 1.62 bits per heavy atom. The molecule has 5 heteroatoms. The van der Waals surface area contributed by atoms with Gasteiger partial charge >= 0.3 is 0 Å². The van der Waals surface area contributed by atoms with Crippen LogP contribution in [-0.4, -0.2) is 59.4 Å². The Hall–Kier alpha value is -0.650. The number of nitrogens with one attached hydrogen (secondary N) is 1. The smallest absolute Gasteiger partial charge is 0.216 e. The second-order valence-electron chi connectivity index (χ2n) is 3.50. The first kappa shape index (κ1) is 10.4. The Morgan fingerprint density at radius 3 is 2.62 bits per heavy atom. The molecule has 0 aromatic carbocycles. The minimum absolute atomic E-state index is 0.123. The van der Waals surface area contributed by atoms with E-state index >= 15 is 0 Å². The van der Waals surface area contributed by atoms with Crippen LogP contribution in [-0.2, 0) is 4.79 Å². The molecule has 1 fully saturated rings. The number of carbonyl (C=O) groups is 1. The van der Waals surface area contributed by atoms with Crippen molar-refractivity contribution >= 4 is 5.91 Å². The lowest BCUT2D eigenvalue weighted by molar-refractivity contribution is -0.119. The highest BCUT2D eigenvalue weighted by Gasteiger charge is 2.37.